The topological polar surface area (TPSA) is 43.4 Å². The highest BCUT2D eigenvalue weighted by Crippen LogP contribution is 2.24. The van der Waals surface area contributed by atoms with Crippen LogP contribution in [0.4, 0.5) is 17.6 Å². The van der Waals surface area contributed by atoms with E-state index in [1.165, 1.54) is 0 Å². The lowest BCUT2D eigenvalue weighted by molar-refractivity contribution is -0.0543. The summed E-state index contributed by atoms with van der Waals surface area (Å²) in [6.45, 7) is -1.72. The smallest absolute Gasteiger partial charge is 0.263 e. The summed E-state index contributed by atoms with van der Waals surface area (Å²) in [7, 11) is -5.54. The Kier molecular flexibility index (Phi) is 3.91. The van der Waals surface area contributed by atoms with Crippen molar-refractivity contribution >= 4 is 10.1 Å². The van der Waals surface area contributed by atoms with Crippen molar-refractivity contribution in [2.75, 3.05) is 13.3 Å². The van der Waals surface area contributed by atoms with E-state index in [4.69, 9.17) is 0 Å². The molecule has 0 aromatic carbocycles. The molecule has 0 unspecified atom stereocenters. The first-order valence-electron chi connectivity index (χ1n) is 2.83. The predicted octanol–water partition coefficient (Wildman–Crippen LogP) is 1.21. The van der Waals surface area contributed by atoms with Crippen molar-refractivity contribution in [1.82, 2.24) is 0 Å². The molecule has 0 bridgehead atoms. The standard InChI is InChI=1S/C4H6F4O3S/c5-2-1-3-11-12(9,10)4(6,7)8/h1-3H2. The Morgan fingerprint density at radius 3 is 2.08 bits per heavy atom. The Hall–Kier alpha value is -0.370. The Bertz CT molecular complexity index is 219. The summed E-state index contributed by atoms with van der Waals surface area (Å²) >= 11 is 0. The first-order valence-corrected chi connectivity index (χ1v) is 4.24. The Labute approximate surface area is 66.4 Å². The van der Waals surface area contributed by atoms with Crippen molar-refractivity contribution in [2.45, 2.75) is 11.9 Å². The molecule has 0 aliphatic carbocycles. The summed E-state index contributed by atoms with van der Waals surface area (Å²) in [4.78, 5) is 0. The highest BCUT2D eigenvalue weighted by Gasteiger charge is 2.47. The number of rotatable bonds is 4. The van der Waals surface area contributed by atoms with Crippen LogP contribution in [0.3, 0.4) is 0 Å². The summed E-state index contributed by atoms with van der Waals surface area (Å²) in [6.07, 6.45) is -0.380. The van der Waals surface area contributed by atoms with Crippen LogP contribution in [0.5, 0.6) is 0 Å². The molecule has 0 saturated carbocycles. The SMILES string of the molecule is O=S(=O)(OCCCF)C(F)(F)F. The minimum atomic E-state index is -5.54. The zero-order chi connectivity index (χ0) is 9.83. The van der Waals surface area contributed by atoms with Gasteiger partial charge >= 0.3 is 15.6 Å². The van der Waals surface area contributed by atoms with Gasteiger partial charge in [-0.1, -0.05) is 0 Å². The molecule has 0 amide bonds. The molecule has 0 aromatic rings. The number of hydrogen-bond acceptors (Lipinski definition) is 3. The number of halogens is 4. The van der Waals surface area contributed by atoms with E-state index in [1.54, 1.807) is 0 Å². The Morgan fingerprint density at radius 2 is 1.75 bits per heavy atom. The van der Waals surface area contributed by atoms with E-state index in [2.05, 4.69) is 4.18 Å². The lowest BCUT2D eigenvalue weighted by Gasteiger charge is -2.06. The normalized spacial score (nSPS) is 13.3. The van der Waals surface area contributed by atoms with E-state index in [9.17, 15) is 26.0 Å². The van der Waals surface area contributed by atoms with Gasteiger partial charge in [0.05, 0.1) is 13.3 Å². The van der Waals surface area contributed by atoms with Gasteiger partial charge in [-0.2, -0.15) is 21.6 Å². The van der Waals surface area contributed by atoms with Crippen LogP contribution in [0.25, 0.3) is 0 Å². The van der Waals surface area contributed by atoms with Crippen LogP contribution in [0.15, 0.2) is 0 Å². The fourth-order valence-electron chi connectivity index (χ4n) is 0.290. The van der Waals surface area contributed by atoms with Gasteiger partial charge in [-0.15, -0.1) is 0 Å². The molecule has 0 saturated heterocycles. The van der Waals surface area contributed by atoms with Gasteiger partial charge in [0.15, 0.2) is 0 Å². The summed E-state index contributed by atoms with van der Waals surface area (Å²) in [5.41, 5.74) is -5.43. The molecule has 0 aliphatic rings. The third kappa shape index (κ3) is 3.35. The van der Waals surface area contributed by atoms with E-state index >= 15 is 0 Å². The highest BCUT2D eigenvalue weighted by atomic mass is 32.2. The Balaban J connectivity index is 4.08. The molecule has 0 aliphatic heterocycles. The maximum Gasteiger partial charge on any atom is 0.523 e. The summed E-state index contributed by atoms with van der Waals surface area (Å²) in [6, 6.07) is 0. The fraction of sp³-hybridized carbons (Fsp3) is 1.00. The molecule has 0 rings (SSSR count). The van der Waals surface area contributed by atoms with Crippen LogP contribution in [0.2, 0.25) is 0 Å². The number of alkyl halides is 4. The average Bonchev–Trinajstić information content (AvgIpc) is 1.85. The highest BCUT2D eigenvalue weighted by molar-refractivity contribution is 7.87. The molecular weight excluding hydrogens is 204 g/mol. The number of hydrogen-bond donors (Lipinski definition) is 0. The van der Waals surface area contributed by atoms with Crippen LogP contribution in [-0.2, 0) is 14.3 Å². The molecule has 0 heterocycles. The lowest BCUT2D eigenvalue weighted by Crippen LogP contribution is -2.25. The van der Waals surface area contributed by atoms with Gasteiger partial charge in [-0.3, -0.25) is 8.57 Å². The molecule has 0 radical (unpaired) electrons. The third-order valence-corrected chi connectivity index (χ3v) is 1.84. The monoisotopic (exact) mass is 210 g/mol. The first-order chi connectivity index (χ1) is 5.31. The molecule has 0 N–H and O–H groups in total. The van der Waals surface area contributed by atoms with Crippen LogP contribution in [-0.4, -0.2) is 27.2 Å². The van der Waals surface area contributed by atoms with E-state index in [0.717, 1.165) is 0 Å². The Morgan fingerprint density at radius 1 is 1.25 bits per heavy atom. The zero-order valence-electron chi connectivity index (χ0n) is 5.77. The minimum Gasteiger partial charge on any atom is -0.263 e. The second-order valence-corrected chi connectivity index (χ2v) is 3.37. The van der Waals surface area contributed by atoms with Crippen molar-refractivity contribution in [1.29, 1.82) is 0 Å². The third-order valence-electron chi connectivity index (χ3n) is 0.800. The van der Waals surface area contributed by atoms with E-state index in [0.29, 0.717) is 0 Å². The van der Waals surface area contributed by atoms with E-state index in [1.807, 2.05) is 0 Å². The van der Waals surface area contributed by atoms with Gasteiger partial charge in [0, 0.05) is 6.42 Å². The van der Waals surface area contributed by atoms with Crippen molar-refractivity contribution < 1.29 is 30.2 Å². The summed E-state index contributed by atoms with van der Waals surface area (Å²) in [5.74, 6) is 0. The second kappa shape index (κ2) is 4.04. The molecule has 3 nitrogen and oxygen atoms in total. The van der Waals surface area contributed by atoms with E-state index < -0.39 is 28.9 Å². The van der Waals surface area contributed by atoms with Crippen LogP contribution in [0, 0.1) is 0 Å². The first kappa shape index (κ1) is 11.6. The molecule has 0 atom stereocenters. The van der Waals surface area contributed by atoms with Gasteiger partial charge in [-0.25, -0.2) is 0 Å². The van der Waals surface area contributed by atoms with Crippen molar-refractivity contribution in [3.8, 4) is 0 Å². The van der Waals surface area contributed by atoms with Gasteiger partial charge in [0.25, 0.3) is 0 Å². The lowest BCUT2D eigenvalue weighted by atomic mass is 10.5. The molecule has 12 heavy (non-hydrogen) atoms. The van der Waals surface area contributed by atoms with Crippen molar-refractivity contribution in [2.24, 2.45) is 0 Å². The van der Waals surface area contributed by atoms with Crippen molar-refractivity contribution in [3.05, 3.63) is 0 Å². The molecule has 0 spiro atoms. The molecule has 0 fully saturated rings. The maximum absolute atomic E-state index is 11.5. The molecule has 8 heteroatoms. The minimum absolute atomic E-state index is 0.380. The van der Waals surface area contributed by atoms with Crippen molar-refractivity contribution in [3.63, 3.8) is 0 Å². The molecule has 74 valence electrons. The van der Waals surface area contributed by atoms with Gasteiger partial charge in [0.1, 0.15) is 0 Å². The van der Waals surface area contributed by atoms with Crippen LogP contribution >= 0.6 is 0 Å². The summed E-state index contributed by atoms with van der Waals surface area (Å²) < 4.78 is 69.2. The van der Waals surface area contributed by atoms with Gasteiger partial charge < -0.3 is 0 Å². The second-order valence-electron chi connectivity index (χ2n) is 1.76. The fourth-order valence-corrected chi connectivity index (χ4v) is 0.761. The largest absolute Gasteiger partial charge is 0.523 e. The maximum atomic E-state index is 11.5. The van der Waals surface area contributed by atoms with Crippen LogP contribution < -0.4 is 0 Å². The quantitative estimate of drug-likeness (QED) is 0.303. The molecule has 0 aromatic heterocycles. The molecular formula is C4H6F4O3S. The van der Waals surface area contributed by atoms with Gasteiger partial charge in [0.2, 0.25) is 0 Å². The zero-order valence-corrected chi connectivity index (χ0v) is 6.58. The van der Waals surface area contributed by atoms with E-state index in [-0.39, 0.29) is 6.42 Å². The van der Waals surface area contributed by atoms with Gasteiger partial charge in [-0.05, 0) is 0 Å². The average molecular weight is 210 g/mol. The summed E-state index contributed by atoms with van der Waals surface area (Å²) in [5, 5.41) is 0. The van der Waals surface area contributed by atoms with Crippen LogP contribution in [0.1, 0.15) is 6.42 Å². The predicted molar refractivity (Wildman–Crippen MR) is 31.5 cm³/mol.